The molecule has 31 heavy (non-hydrogen) atoms. The number of rotatable bonds is 5. The van der Waals surface area contributed by atoms with Crippen molar-refractivity contribution in [1.29, 1.82) is 0 Å². The van der Waals surface area contributed by atoms with E-state index in [4.69, 9.17) is 0 Å². The molecule has 0 spiro atoms. The Balaban J connectivity index is 1.39. The Morgan fingerprint density at radius 2 is 1.77 bits per heavy atom. The minimum Gasteiger partial charge on any atom is -0.426 e. The molecule has 0 N–H and O–H groups in total. The number of benzene rings is 2. The number of hydrogen-bond acceptors (Lipinski definition) is 4. The van der Waals surface area contributed by atoms with Gasteiger partial charge in [0.2, 0.25) is 0 Å². The average Bonchev–Trinajstić information content (AvgIpc) is 3.08. The lowest BCUT2D eigenvalue weighted by Crippen LogP contribution is -2.41. The van der Waals surface area contributed by atoms with E-state index in [0.717, 1.165) is 53.7 Å². The Morgan fingerprint density at radius 1 is 1.06 bits per heavy atom. The van der Waals surface area contributed by atoms with Crippen molar-refractivity contribution in [3.05, 3.63) is 48.0 Å². The molecule has 3 aromatic rings. The van der Waals surface area contributed by atoms with Gasteiger partial charge in [-0.05, 0) is 55.0 Å². The number of ether oxygens (including phenoxy) is 1. The van der Waals surface area contributed by atoms with Gasteiger partial charge in [0.15, 0.2) is 0 Å². The van der Waals surface area contributed by atoms with Crippen LogP contribution >= 0.6 is 11.3 Å². The van der Waals surface area contributed by atoms with E-state index < -0.39 is 18.0 Å². The molecule has 0 unspecified atom stereocenters. The lowest BCUT2D eigenvalue weighted by Gasteiger charge is -2.34. The third-order valence-corrected chi connectivity index (χ3v) is 6.15. The molecule has 1 radical (unpaired) electrons. The first-order chi connectivity index (χ1) is 14.6. The van der Waals surface area contributed by atoms with E-state index in [-0.39, 0.29) is 11.1 Å². The summed E-state index contributed by atoms with van der Waals surface area (Å²) in [7, 11) is 0. The van der Waals surface area contributed by atoms with E-state index in [1.165, 1.54) is 12.1 Å². The molecule has 1 aliphatic rings. The fourth-order valence-electron chi connectivity index (χ4n) is 3.82. The highest BCUT2D eigenvalue weighted by atomic mass is 32.1. The maximum absolute atomic E-state index is 13.1. The summed E-state index contributed by atoms with van der Waals surface area (Å²) in [6.07, 6.45) is -8.84. The van der Waals surface area contributed by atoms with E-state index in [1.54, 1.807) is 6.07 Å². The van der Waals surface area contributed by atoms with Crippen LogP contribution in [0.4, 0.5) is 27.6 Å². The van der Waals surface area contributed by atoms with Gasteiger partial charge in [-0.15, -0.1) is 0 Å². The van der Waals surface area contributed by atoms with Crippen LogP contribution in [0.5, 0.6) is 10.9 Å². The molecular formula is C21H18F5N2O2S. The molecule has 1 fully saturated rings. The van der Waals surface area contributed by atoms with Crippen molar-refractivity contribution in [3.63, 3.8) is 0 Å². The molecule has 0 aliphatic carbocycles. The zero-order valence-corrected chi connectivity index (χ0v) is 17.0. The molecule has 0 bridgehead atoms. The quantitative estimate of drug-likeness (QED) is 0.415. The smallest absolute Gasteiger partial charge is 0.426 e. The number of alkyl halides is 5. The van der Waals surface area contributed by atoms with Crippen molar-refractivity contribution >= 4 is 27.2 Å². The molecule has 1 aromatic heterocycles. The Kier molecular flexibility index (Phi) is 5.67. The summed E-state index contributed by atoms with van der Waals surface area (Å²) in [6.45, 7) is 1.47. The molecule has 4 nitrogen and oxygen atoms in total. The lowest BCUT2D eigenvalue weighted by molar-refractivity contribution is -0.360. The minimum absolute atomic E-state index is 0.226. The van der Waals surface area contributed by atoms with E-state index in [9.17, 15) is 27.1 Å². The number of anilines is 1. The second kappa shape index (κ2) is 8.14. The van der Waals surface area contributed by atoms with E-state index in [0.29, 0.717) is 17.5 Å². The van der Waals surface area contributed by atoms with Crippen molar-refractivity contribution in [2.75, 3.05) is 18.0 Å². The van der Waals surface area contributed by atoms with Gasteiger partial charge in [0.25, 0.3) is 0 Å². The topological polar surface area (TPSA) is 45.3 Å². The maximum Gasteiger partial charge on any atom is 0.499 e. The monoisotopic (exact) mass is 457 g/mol. The SMILES string of the molecule is [O]c1nc2c(N3CCC(Cc4cccc(OC(F)(F)C(F)(F)F)c4)CC3)cccc2s1. The van der Waals surface area contributed by atoms with Crippen LogP contribution < -0.4 is 9.64 Å². The average molecular weight is 457 g/mol. The summed E-state index contributed by atoms with van der Waals surface area (Å²) in [5.41, 5.74) is 2.26. The number of para-hydroxylation sites is 1. The van der Waals surface area contributed by atoms with Crippen molar-refractivity contribution in [2.45, 2.75) is 31.5 Å². The summed E-state index contributed by atoms with van der Waals surface area (Å²) in [4.78, 5) is 6.27. The molecule has 165 valence electrons. The van der Waals surface area contributed by atoms with Crippen LogP contribution in [0.15, 0.2) is 42.5 Å². The molecule has 0 atom stereocenters. The Hall–Kier alpha value is -2.62. The molecule has 10 heteroatoms. The van der Waals surface area contributed by atoms with Crippen molar-refractivity contribution < 1.29 is 31.8 Å². The number of thiazole rings is 1. The first kappa shape index (κ1) is 21.6. The highest BCUT2D eigenvalue weighted by molar-refractivity contribution is 7.20. The Labute approximate surface area is 178 Å². The second-order valence-corrected chi connectivity index (χ2v) is 8.50. The highest BCUT2D eigenvalue weighted by Gasteiger charge is 2.61. The minimum atomic E-state index is -5.77. The van der Waals surface area contributed by atoms with Gasteiger partial charge in [-0.3, -0.25) is 5.11 Å². The molecule has 4 rings (SSSR count). The van der Waals surface area contributed by atoms with Crippen LogP contribution in [0.2, 0.25) is 0 Å². The van der Waals surface area contributed by atoms with Crippen molar-refractivity contribution in [2.24, 2.45) is 5.92 Å². The molecule has 0 amide bonds. The standard InChI is InChI=1S/C21H18F5N2O2S/c22-20(23,24)21(25,26)30-15-4-1-3-14(12-15)11-13-7-9-28(10-8-13)16-5-2-6-17-18(16)27-19(29)31-17/h1-6,12-13H,7-11H2. The molecule has 1 aliphatic heterocycles. The molecular weight excluding hydrogens is 439 g/mol. The zero-order chi connectivity index (χ0) is 22.2. The van der Waals surface area contributed by atoms with E-state index in [1.807, 2.05) is 18.2 Å². The fourth-order valence-corrected chi connectivity index (χ4v) is 4.54. The van der Waals surface area contributed by atoms with Crippen molar-refractivity contribution in [1.82, 2.24) is 4.98 Å². The van der Waals surface area contributed by atoms with Crippen LogP contribution in [-0.4, -0.2) is 30.4 Å². The number of nitrogens with zero attached hydrogens (tertiary/aromatic N) is 2. The van der Waals surface area contributed by atoms with Crippen LogP contribution in [0.3, 0.4) is 0 Å². The van der Waals surface area contributed by atoms with Gasteiger partial charge in [0, 0.05) is 13.1 Å². The summed E-state index contributed by atoms with van der Waals surface area (Å²) >= 11 is 1.11. The third-order valence-electron chi connectivity index (χ3n) is 5.33. The van der Waals surface area contributed by atoms with Gasteiger partial charge in [0.1, 0.15) is 11.3 Å². The van der Waals surface area contributed by atoms with Gasteiger partial charge in [-0.25, -0.2) is 0 Å². The number of fused-ring (bicyclic) bond motifs is 1. The van der Waals surface area contributed by atoms with Crippen molar-refractivity contribution in [3.8, 4) is 10.9 Å². The molecule has 2 aromatic carbocycles. The van der Waals surface area contributed by atoms with Gasteiger partial charge >= 0.3 is 17.5 Å². The predicted molar refractivity (Wildman–Crippen MR) is 106 cm³/mol. The molecule has 1 saturated heterocycles. The number of aromatic nitrogens is 1. The zero-order valence-electron chi connectivity index (χ0n) is 16.2. The highest BCUT2D eigenvalue weighted by Crippen LogP contribution is 2.38. The maximum atomic E-state index is 13.1. The molecule has 0 saturated carbocycles. The van der Waals surface area contributed by atoms with Gasteiger partial charge in [-0.2, -0.15) is 26.9 Å². The van der Waals surface area contributed by atoms with E-state index >= 15 is 0 Å². The van der Waals surface area contributed by atoms with Crippen LogP contribution in [0, 0.1) is 5.92 Å². The second-order valence-electron chi connectivity index (χ2n) is 7.50. The first-order valence-electron chi connectivity index (χ1n) is 9.66. The van der Waals surface area contributed by atoms with E-state index in [2.05, 4.69) is 14.6 Å². The summed E-state index contributed by atoms with van der Waals surface area (Å²) in [6, 6.07) is 11.1. The number of halogens is 5. The first-order valence-corrected chi connectivity index (χ1v) is 10.5. The van der Waals surface area contributed by atoms with Crippen LogP contribution in [0.25, 0.3) is 10.2 Å². The van der Waals surface area contributed by atoms with Crippen LogP contribution in [0.1, 0.15) is 18.4 Å². The lowest BCUT2D eigenvalue weighted by atomic mass is 9.90. The normalized spacial score (nSPS) is 16.1. The number of hydrogen-bond donors (Lipinski definition) is 0. The largest absolute Gasteiger partial charge is 0.499 e. The molecule has 2 heterocycles. The predicted octanol–water partition coefficient (Wildman–Crippen LogP) is 6.43. The third kappa shape index (κ3) is 4.68. The van der Waals surface area contributed by atoms with Crippen LogP contribution in [-0.2, 0) is 11.5 Å². The Bertz CT molecular complexity index is 1060. The summed E-state index contributed by atoms with van der Waals surface area (Å²) in [5.74, 6) is -0.264. The fraction of sp³-hybridized carbons (Fsp3) is 0.381. The van der Waals surface area contributed by atoms with Gasteiger partial charge in [0.05, 0.1) is 10.4 Å². The van der Waals surface area contributed by atoms with Gasteiger partial charge < -0.3 is 9.64 Å². The summed E-state index contributed by atoms with van der Waals surface area (Å²) < 4.78 is 68.2. The number of piperidine rings is 1. The summed E-state index contributed by atoms with van der Waals surface area (Å²) in [5, 5.41) is 11.4. The Morgan fingerprint density at radius 3 is 2.48 bits per heavy atom. The van der Waals surface area contributed by atoms with Gasteiger partial charge in [-0.1, -0.05) is 29.5 Å².